The Kier molecular flexibility index (Phi) is 3.76. The second kappa shape index (κ2) is 4.13. The van der Waals surface area contributed by atoms with E-state index in [1.165, 1.54) is 0 Å². The van der Waals surface area contributed by atoms with E-state index in [0.717, 1.165) is 0 Å². The molecule has 0 amide bonds. The molecule has 9 heavy (non-hydrogen) atoms. The van der Waals surface area contributed by atoms with Crippen LogP contribution in [0.4, 0.5) is 0 Å². The highest BCUT2D eigenvalue weighted by Crippen LogP contribution is 2.08. The molecule has 1 saturated heterocycles. The maximum atomic E-state index is 10.3. The number of hydrogen-bond acceptors (Lipinski definition) is 2. The van der Waals surface area contributed by atoms with Crippen molar-refractivity contribution >= 4 is 5.97 Å². The quantitative estimate of drug-likeness (QED) is 0.365. The fourth-order valence-corrected chi connectivity index (χ4v) is 0.471. The lowest BCUT2D eigenvalue weighted by atomic mass is 10.3. The van der Waals surface area contributed by atoms with Gasteiger partial charge < -0.3 is 4.74 Å². The minimum absolute atomic E-state index is 0.236. The molecule has 0 aliphatic carbocycles. The van der Waals surface area contributed by atoms with E-state index in [0.29, 0.717) is 18.6 Å². The molecule has 0 aromatic heterocycles. The van der Waals surface area contributed by atoms with Crippen LogP contribution >= 0.6 is 0 Å². The van der Waals surface area contributed by atoms with Crippen molar-refractivity contribution in [2.75, 3.05) is 6.61 Å². The van der Waals surface area contributed by atoms with Gasteiger partial charge in [0.15, 0.2) is 0 Å². The zero-order valence-corrected chi connectivity index (χ0v) is 5.94. The third kappa shape index (κ3) is 2.31. The largest absolute Gasteiger partial charge is 0.462 e. The van der Waals surface area contributed by atoms with Crippen molar-refractivity contribution in [2.45, 2.75) is 20.3 Å². The summed E-state index contributed by atoms with van der Waals surface area (Å²) < 4.78 is 4.53. The highest BCUT2D eigenvalue weighted by atomic mass is 16.5. The Morgan fingerprint density at radius 2 is 2.11 bits per heavy atom. The number of esters is 1. The highest BCUT2D eigenvalue weighted by Gasteiger charge is 2.14. The van der Waals surface area contributed by atoms with Crippen molar-refractivity contribution in [3.05, 3.63) is 12.2 Å². The molecule has 0 aromatic rings. The van der Waals surface area contributed by atoms with Gasteiger partial charge in [0.1, 0.15) is 0 Å². The number of hydrogen-bond donors (Lipinski definition) is 0. The lowest BCUT2D eigenvalue weighted by Gasteiger charge is -1.82. The number of cyclic esters (lactones) is 1. The molecule has 2 heteroatoms. The minimum atomic E-state index is -0.236. The molecule has 0 saturated carbocycles. The van der Waals surface area contributed by atoms with E-state index in [-0.39, 0.29) is 5.97 Å². The average Bonchev–Trinajstić information content (AvgIpc) is 2.23. The van der Waals surface area contributed by atoms with Gasteiger partial charge in [-0.15, -0.1) is 0 Å². The van der Waals surface area contributed by atoms with E-state index in [1.54, 1.807) is 0 Å². The van der Waals surface area contributed by atoms with Crippen LogP contribution < -0.4 is 0 Å². The SMILES string of the molecule is C=C1CCOC1=O.CC. The van der Waals surface area contributed by atoms with Crippen LogP contribution in [-0.2, 0) is 9.53 Å². The fourth-order valence-electron chi connectivity index (χ4n) is 0.471. The van der Waals surface area contributed by atoms with E-state index in [4.69, 9.17) is 0 Å². The molecule has 1 heterocycles. The van der Waals surface area contributed by atoms with Crippen LogP contribution in [0.15, 0.2) is 12.2 Å². The van der Waals surface area contributed by atoms with Gasteiger partial charge in [-0.3, -0.25) is 0 Å². The summed E-state index contributed by atoms with van der Waals surface area (Å²) in [4.78, 5) is 10.3. The van der Waals surface area contributed by atoms with Gasteiger partial charge in [0.25, 0.3) is 0 Å². The molecular weight excluding hydrogens is 116 g/mol. The first-order valence-electron chi connectivity index (χ1n) is 3.15. The maximum absolute atomic E-state index is 10.3. The topological polar surface area (TPSA) is 26.3 Å². The van der Waals surface area contributed by atoms with Gasteiger partial charge in [0, 0.05) is 12.0 Å². The third-order valence-corrected chi connectivity index (χ3v) is 0.926. The maximum Gasteiger partial charge on any atom is 0.333 e. The Morgan fingerprint density at radius 1 is 1.56 bits per heavy atom. The molecule has 1 rings (SSSR count). The van der Waals surface area contributed by atoms with Gasteiger partial charge in [0.2, 0.25) is 0 Å². The van der Waals surface area contributed by atoms with Crippen LogP contribution in [0.2, 0.25) is 0 Å². The van der Waals surface area contributed by atoms with Gasteiger partial charge in [-0.1, -0.05) is 20.4 Å². The molecule has 0 atom stereocenters. The summed E-state index contributed by atoms with van der Waals surface area (Å²) >= 11 is 0. The second-order valence-electron chi connectivity index (χ2n) is 1.49. The average molecular weight is 128 g/mol. The zero-order chi connectivity index (χ0) is 7.28. The standard InChI is InChI=1S/C5H6O2.C2H6/c1-4-2-3-7-5(4)6;1-2/h1-3H2;1-2H3. The monoisotopic (exact) mass is 128 g/mol. The van der Waals surface area contributed by atoms with Crippen LogP contribution in [0.1, 0.15) is 20.3 Å². The molecule has 52 valence electrons. The molecule has 1 fully saturated rings. The van der Waals surface area contributed by atoms with Crippen LogP contribution in [0, 0.1) is 0 Å². The molecule has 0 spiro atoms. The first-order chi connectivity index (χ1) is 4.30. The second-order valence-corrected chi connectivity index (χ2v) is 1.49. The summed E-state index contributed by atoms with van der Waals surface area (Å²) in [6.07, 6.45) is 0.707. The van der Waals surface area contributed by atoms with Gasteiger partial charge in [-0.05, 0) is 0 Å². The van der Waals surface area contributed by atoms with Crippen molar-refractivity contribution in [2.24, 2.45) is 0 Å². The van der Waals surface area contributed by atoms with Crippen LogP contribution in [-0.4, -0.2) is 12.6 Å². The minimum Gasteiger partial charge on any atom is -0.462 e. The molecule has 2 nitrogen and oxygen atoms in total. The Hall–Kier alpha value is -0.790. The first kappa shape index (κ1) is 8.21. The molecule has 0 aromatic carbocycles. The lowest BCUT2D eigenvalue weighted by Crippen LogP contribution is -1.91. The van der Waals surface area contributed by atoms with Crippen molar-refractivity contribution in [3.8, 4) is 0 Å². The lowest BCUT2D eigenvalue weighted by molar-refractivity contribution is -0.135. The van der Waals surface area contributed by atoms with Crippen LogP contribution in [0.3, 0.4) is 0 Å². The first-order valence-corrected chi connectivity index (χ1v) is 3.15. The fraction of sp³-hybridized carbons (Fsp3) is 0.571. The Morgan fingerprint density at radius 3 is 2.22 bits per heavy atom. The van der Waals surface area contributed by atoms with Gasteiger partial charge in [0.05, 0.1) is 6.61 Å². The Bertz CT molecular complexity index is 102. The summed E-state index contributed by atoms with van der Waals surface area (Å²) in [6, 6.07) is 0. The predicted molar refractivity (Wildman–Crippen MR) is 36.1 cm³/mol. The smallest absolute Gasteiger partial charge is 0.333 e. The van der Waals surface area contributed by atoms with E-state index in [2.05, 4.69) is 11.3 Å². The van der Waals surface area contributed by atoms with E-state index >= 15 is 0 Å². The third-order valence-electron chi connectivity index (χ3n) is 0.926. The van der Waals surface area contributed by atoms with Gasteiger partial charge in [-0.2, -0.15) is 0 Å². The van der Waals surface area contributed by atoms with E-state index in [1.807, 2.05) is 13.8 Å². The number of carbonyl (C=O) groups is 1. The highest BCUT2D eigenvalue weighted by molar-refractivity contribution is 5.89. The molecule has 1 aliphatic heterocycles. The van der Waals surface area contributed by atoms with Crippen LogP contribution in [0.25, 0.3) is 0 Å². The summed E-state index contributed by atoms with van der Waals surface area (Å²) in [5.74, 6) is -0.236. The summed E-state index contributed by atoms with van der Waals surface area (Å²) in [5, 5.41) is 0. The summed E-state index contributed by atoms with van der Waals surface area (Å²) in [5.41, 5.74) is 0.597. The van der Waals surface area contributed by atoms with E-state index in [9.17, 15) is 4.79 Å². The van der Waals surface area contributed by atoms with Crippen molar-refractivity contribution < 1.29 is 9.53 Å². The number of carbonyl (C=O) groups excluding carboxylic acids is 1. The molecule has 0 unspecified atom stereocenters. The van der Waals surface area contributed by atoms with Crippen molar-refractivity contribution in [1.29, 1.82) is 0 Å². The molecule has 0 radical (unpaired) electrons. The van der Waals surface area contributed by atoms with Crippen LogP contribution in [0.5, 0.6) is 0 Å². The normalized spacial score (nSPS) is 16.2. The molecular formula is C7H12O2. The zero-order valence-electron chi connectivity index (χ0n) is 5.94. The number of ether oxygens (including phenoxy) is 1. The van der Waals surface area contributed by atoms with Gasteiger partial charge >= 0.3 is 5.97 Å². The molecule has 0 N–H and O–H groups in total. The molecule has 1 aliphatic rings. The van der Waals surface area contributed by atoms with E-state index < -0.39 is 0 Å². The molecule has 0 bridgehead atoms. The Labute approximate surface area is 55.5 Å². The predicted octanol–water partition coefficient (Wildman–Crippen LogP) is 1.52. The van der Waals surface area contributed by atoms with Crippen molar-refractivity contribution in [1.82, 2.24) is 0 Å². The summed E-state index contributed by atoms with van der Waals surface area (Å²) in [7, 11) is 0. The van der Waals surface area contributed by atoms with Crippen molar-refractivity contribution in [3.63, 3.8) is 0 Å². The Balaban J connectivity index is 0.000000291. The number of rotatable bonds is 0. The summed E-state index contributed by atoms with van der Waals surface area (Å²) in [6.45, 7) is 7.99. The van der Waals surface area contributed by atoms with Gasteiger partial charge in [-0.25, -0.2) is 4.79 Å².